The Labute approximate surface area is 134 Å². The summed E-state index contributed by atoms with van der Waals surface area (Å²) in [7, 11) is 0. The third-order valence-electron chi connectivity index (χ3n) is 3.28. The van der Waals surface area contributed by atoms with E-state index in [0.717, 1.165) is 0 Å². The molecule has 0 fully saturated rings. The van der Waals surface area contributed by atoms with E-state index in [-0.39, 0.29) is 17.8 Å². The van der Waals surface area contributed by atoms with E-state index in [1.54, 1.807) is 24.3 Å². The molecule has 0 radical (unpaired) electrons. The Hall–Kier alpha value is -2.47. The zero-order valence-electron chi connectivity index (χ0n) is 13.3. The Morgan fingerprint density at radius 1 is 1.22 bits per heavy atom. The lowest BCUT2D eigenvalue weighted by molar-refractivity contribution is 0.0893. The highest BCUT2D eigenvalue weighted by molar-refractivity contribution is 5.92. The molecule has 0 saturated carbocycles. The van der Waals surface area contributed by atoms with Gasteiger partial charge in [0.05, 0.1) is 11.8 Å². The number of aliphatic hydroxyl groups is 1. The van der Waals surface area contributed by atoms with Crippen LogP contribution in [0.4, 0.5) is 0 Å². The monoisotopic (exact) mass is 315 g/mol. The van der Waals surface area contributed by atoms with Crippen LogP contribution in [0.25, 0.3) is 5.69 Å². The van der Waals surface area contributed by atoms with E-state index < -0.39 is 12.0 Å². The van der Waals surface area contributed by atoms with E-state index in [1.807, 2.05) is 19.9 Å². The van der Waals surface area contributed by atoms with Gasteiger partial charge in [0.2, 0.25) is 0 Å². The first-order chi connectivity index (χ1) is 11.0. The lowest BCUT2D eigenvalue weighted by atomic mass is 10.1. The molecule has 0 aliphatic heterocycles. The molecular weight excluding hydrogens is 294 g/mol. The highest BCUT2D eigenvalue weighted by Crippen LogP contribution is 2.04. The number of rotatable bonds is 6. The topological polar surface area (TPSA) is 84.2 Å². The fourth-order valence-electron chi connectivity index (χ4n) is 2.21. The van der Waals surface area contributed by atoms with Crippen molar-refractivity contribution in [3.05, 3.63) is 58.5 Å². The zero-order valence-corrected chi connectivity index (χ0v) is 13.3. The Balaban J connectivity index is 2.12. The summed E-state index contributed by atoms with van der Waals surface area (Å²) >= 11 is 0. The van der Waals surface area contributed by atoms with Gasteiger partial charge in [0.25, 0.3) is 11.5 Å². The minimum absolute atomic E-state index is 0.130. The molecule has 1 unspecified atom stereocenters. The first-order valence-electron chi connectivity index (χ1n) is 7.59. The van der Waals surface area contributed by atoms with Crippen LogP contribution in [0.15, 0.2) is 47.3 Å². The van der Waals surface area contributed by atoms with Gasteiger partial charge in [-0.25, -0.2) is 0 Å². The maximum absolute atomic E-state index is 12.1. The molecule has 1 aromatic carbocycles. The van der Waals surface area contributed by atoms with E-state index in [0.29, 0.717) is 18.0 Å². The fourth-order valence-corrected chi connectivity index (χ4v) is 2.21. The highest BCUT2D eigenvalue weighted by Gasteiger charge is 2.13. The van der Waals surface area contributed by atoms with E-state index in [1.165, 1.54) is 16.8 Å². The fraction of sp³-hybridized carbons (Fsp3) is 0.353. The predicted octanol–water partition coefficient (Wildman–Crippen LogP) is 1.37. The molecule has 6 nitrogen and oxygen atoms in total. The number of carbonyl (C=O) groups excluding carboxylic acids is 1. The van der Waals surface area contributed by atoms with Crippen LogP contribution in [-0.4, -0.2) is 33.4 Å². The smallest absolute Gasteiger partial charge is 0.271 e. The van der Waals surface area contributed by atoms with Crippen LogP contribution in [0, 0.1) is 5.92 Å². The van der Waals surface area contributed by atoms with E-state index in [4.69, 9.17) is 0 Å². The van der Waals surface area contributed by atoms with Gasteiger partial charge in [0.15, 0.2) is 0 Å². The molecule has 0 aliphatic rings. The largest absolute Gasteiger partial charge is 0.391 e. The van der Waals surface area contributed by atoms with Crippen molar-refractivity contribution in [1.82, 2.24) is 15.1 Å². The predicted molar refractivity (Wildman–Crippen MR) is 87.6 cm³/mol. The number of hydrogen-bond donors (Lipinski definition) is 2. The van der Waals surface area contributed by atoms with Crippen molar-refractivity contribution in [3.63, 3.8) is 0 Å². The van der Waals surface area contributed by atoms with Crippen LogP contribution in [0.5, 0.6) is 0 Å². The van der Waals surface area contributed by atoms with E-state index in [9.17, 15) is 14.7 Å². The van der Waals surface area contributed by atoms with Gasteiger partial charge in [-0.2, -0.15) is 9.78 Å². The van der Waals surface area contributed by atoms with Gasteiger partial charge in [0, 0.05) is 12.6 Å². The summed E-state index contributed by atoms with van der Waals surface area (Å²) in [5.74, 6) is -0.0718. The molecule has 0 spiro atoms. The van der Waals surface area contributed by atoms with Gasteiger partial charge < -0.3 is 10.4 Å². The van der Waals surface area contributed by atoms with Gasteiger partial charge in [-0.05, 0) is 30.5 Å². The summed E-state index contributed by atoms with van der Waals surface area (Å²) in [5.41, 5.74) is 0.407. The normalized spacial score (nSPS) is 12.2. The van der Waals surface area contributed by atoms with Crippen molar-refractivity contribution in [1.29, 1.82) is 0 Å². The molecule has 0 bridgehead atoms. The van der Waals surface area contributed by atoms with Crippen LogP contribution in [-0.2, 0) is 0 Å². The molecule has 122 valence electrons. The number of aliphatic hydroxyl groups excluding tert-OH is 1. The Bertz CT molecular complexity index is 711. The van der Waals surface area contributed by atoms with Crippen molar-refractivity contribution in [2.75, 3.05) is 6.54 Å². The van der Waals surface area contributed by atoms with E-state index in [2.05, 4.69) is 10.4 Å². The second-order valence-corrected chi connectivity index (χ2v) is 5.80. The van der Waals surface area contributed by atoms with Gasteiger partial charge >= 0.3 is 0 Å². The van der Waals surface area contributed by atoms with Gasteiger partial charge in [-0.15, -0.1) is 0 Å². The lowest BCUT2D eigenvalue weighted by Gasteiger charge is -2.14. The number of aromatic nitrogens is 2. The number of amides is 1. The minimum Gasteiger partial charge on any atom is -0.391 e. The molecule has 1 heterocycles. The minimum atomic E-state index is -0.598. The Morgan fingerprint density at radius 3 is 2.57 bits per heavy atom. The Kier molecular flexibility index (Phi) is 5.65. The molecule has 0 saturated heterocycles. The molecule has 1 amide bonds. The van der Waals surface area contributed by atoms with Crippen molar-refractivity contribution in [2.24, 2.45) is 5.92 Å². The summed E-state index contributed by atoms with van der Waals surface area (Å²) in [4.78, 5) is 24.0. The van der Waals surface area contributed by atoms with Gasteiger partial charge in [-0.1, -0.05) is 32.0 Å². The average molecular weight is 315 g/mol. The van der Waals surface area contributed by atoms with Crippen molar-refractivity contribution in [2.45, 2.75) is 26.4 Å². The number of nitrogens with zero attached hydrogens (tertiary/aromatic N) is 2. The zero-order chi connectivity index (χ0) is 16.8. The summed E-state index contributed by atoms with van der Waals surface area (Å²) < 4.78 is 1.18. The van der Waals surface area contributed by atoms with Crippen LogP contribution in [0.3, 0.4) is 0 Å². The molecule has 6 heteroatoms. The number of hydrogen-bond acceptors (Lipinski definition) is 4. The molecule has 0 aliphatic carbocycles. The molecule has 2 rings (SSSR count). The first kappa shape index (κ1) is 16.9. The summed E-state index contributed by atoms with van der Waals surface area (Å²) in [6, 6.07) is 11.6. The molecular formula is C17H21N3O3. The summed E-state index contributed by atoms with van der Waals surface area (Å²) in [6.45, 7) is 4.16. The molecule has 2 aromatic rings. The van der Waals surface area contributed by atoms with Crippen LogP contribution >= 0.6 is 0 Å². The molecule has 2 N–H and O–H groups in total. The average Bonchev–Trinajstić information content (AvgIpc) is 2.53. The van der Waals surface area contributed by atoms with Gasteiger partial charge in [0.1, 0.15) is 5.69 Å². The quantitative estimate of drug-likeness (QED) is 0.843. The molecule has 1 aromatic heterocycles. The summed E-state index contributed by atoms with van der Waals surface area (Å²) in [6.07, 6.45) is 0.0102. The summed E-state index contributed by atoms with van der Waals surface area (Å²) in [5, 5.41) is 16.5. The number of carbonyl (C=O) groups is 1. The third-order valence-corrected chi connectivity index (χ3v) is 3.28. The van der Waals surface area contributed by atoms with Crippen LogP contribution in [0.1, 0.15) is 30.8 Å². The standard InChI is InChI=1S/C17H21N3O3/c1-12(2)10-14(21)11-18-17(23)15-8-9-16(22)20(19-15)13-6-4-3-5-7-13/h3-9,12,14,21H,10-11H2,1-2H3,(H,18,23). The van der Waals surface area contributed by atoms with E-state index >= 15 is 0 Å². The number of benzene rings is 1. The number of nitrogens with one attached hydrogen (secondary N) is 1. The SMILES string of the molecule is CC(C)CC(O)CNC(=O)c1ccc(=O)n(-c2ccccc2)n1. The van der Waals surface area contributed by atoms with Crippen LogP contribution in [0.2, 0.25) is 0 Å². The highest BCUT2D eigenvalue weighted by atomic mass is 16.3. The van der Waals surface area contributed by atoms with Crippen molar-refractivity contribution < 1.29 is 9.90 Å². The molecule has 1 atom stereocenters. The first-order valence-corrected chi connectivity index (χ1v) is 7.59. The van der Waals surface area contributed by atoms with Gasteiger partial charge in [-0.3, -0.25) is 9.59 Å². The van der Waals surface area contributed by atoms with Crippen molar-refractivity contribution in [3.8, 4) is 5.69 Å². The Morgan fingerprint density at radius 2 is 1.91 bits per heavy atom. The second kappa shape index (κ2) is 7.69. The maximum atomic E-state index is 12.1. The second-order valence-electron chi connectivity index (χ2n) is 5.80. The van der Waals surface area contributed by atoms with Crippen LogP contribution < -0.4 is 10.9 Å². The molecule has 23 heavy (non-hydrogen) atoms. The lowest BCUT2D eigenvalue weighted by Crippen LogP contribution is -2.34. The maximum Gasteiger partial charge on any atom is 0.271 e. The van der Waals surface area contributed by atoms with Crippen molar-refractivity contribution >= 4 is 5.91 Å². The number of para-hydroxylation sites is 1. The third kappa shape index (κ3) is 4.75.